The Morgan fingerprint density at radius 1 is 1.08 bits per heavy atom. The molecule has 7 nitrogen and oxygen atoms in total. The van der Waals surface area contributed by atoms with Crippen molar-refractivity contribution in [1.29, 1.82) is 0 Å². The summed E-state index contributed by atoms with van der Waals surface area (Å²) in [4.78, 5) is 22.8. The van der Waals surface area contributed by atoms with Crippen LogP contribution in [-0.4, -0.2) is 62.0 Å². The summed E-state index contributed by atoms with van der Waals surface area (Å²) in [7, 11) is 3.71. The molecule has 0 heterocycles. The number of unbranched alkanes of at least 4 members (excludes halogenated alkanes) is 2. The van der Waals surface area contributed by atoms with Gasteiger partial charge in [-0.25, -0.2) is 10.0 Å². The van der Waals surface area contributed by atoms with Gasteiger partial charge < -0.3 is 15.2 Å². The molecule has 7 heteroatoms. The smallest absolute Gasteiger partial charge is 0.193 e. The average Bonchev–Trinajstić information content (AvgIpc) is 2.86. The van der Waals surface area contributed by atoms with Gasteiger partial charge in [-0.05, 0) is 49.3 Å². The summed E-state index contributed by atoms with van der Waals surface area (Å²) in [6.07, 6.45) is 9.31. The summed E-state index contributed by atoms with van der Waals surface area (Å²) < 4.78 is 10.4. The van der Waals surface area contributed by atoms with Crippen LogP contribution in [0.25, 0.3) is 0 Å². The topological polar surface area (TPSA) is 85.1 Å². The standard InChI is InChI=1S/C19H33N3O2.C9H14O2.C3H8/c1-5-21(3)22(6-2)13-9-7-8-10-17(23)14-16-11-12-18(20)19(15-16)24-4;1-7(10)8(2)11-6-9-4-3-5-9;1-3-2/h11-12,15H,5-10,13-14,20H2,1-4H3;9H,2-6H2,1H3;3H2,1-2H3. The number of nitrogen functional groups attached to an aromatic ring is 1. The predicted octanol–water partition coefficient (Wildman–Crippen LogP) is 6.46. The van der Waals surface area contributed by atoms with Crippen molar-refractivity contribution in [2.24, 2.45) is 5.92 Å². The van der Waals surface area contributed by atoms with Crippen molar-refractivity contribution in [3.8, 4) is 5.75 Å². The molecule has 1 saturated carbocycles. The summed E-state index contributed by atoms with van der Waals surface area (Å²) in [5.74, 6) is 1.83. The third-order valence-corrected chi connectivity index (χ3v) is 6.49. The molecule has 38 heavy (non-hydrogen) atoms. The zero-order chi connectivity index (χ0) is 28.9. The highest BCUT2D eigenvalue weighted by atomic mass is 16.5. The number of ketones is 2. The van der Waals surface area contributed by atoms with E-state index in [0.717, 1.165) is 44.5 Å². The highest BCUT2D eigenvalue weighted by Crippen LogP contribution is 2.26. The molecule has 0 atom stereocenters. The zero-order valence-electron chi connectivity index (χ0n) is 25.3. The fourth-order valence-electron chi connectivity index (χ4n) is 3.72. The van der Waals surface area contributed by atoms with Crippen molar-refractivity contribution in [2.75, 3.05) is 46.1 Å². The summed E-state index contributed by atoms with van der Waals surface area (Å²) in [5.41, 5.74) is 7.36. The lowest BCUT2D eigenvalue weighted by molar-refractivity contribution is -0.118. The second-order valence-corrected chi connectivity index (χ2v) is 9.92. The largest absolute Gasteiger partial charge is 0.495 e. The first-order valence-corrected chi connectivity index (χ1v) is 14.4. The van der Waals surface area contributed by atoms with Crippen LogP contribution in [0, 0.1) is 5.92 Å². The molecule has 0 spiro atoms. The molecule has 0 bridgehead atoms. The number of ether oxygens (including phenoxy) is 2. The van der Waals surface area contributed by atoms with E-state index in [1.165, 1.54) is 32.6 Å². The zero-order valence-corrected chi connectivity index (χ0v) is 25.3. The maximum absolute atomic E-state index is 12.1. The first kappa shape index (κ1) is 35.6. The Kier molecular flexibility index (Phi) is 20.2. The van der Waals surface area contributed by atoms with Crippen molar-refractivity contribution < 1.29 is 19.1 Å². The van der Waals surface area contributed by atoms with Crippen LogP contribution in [-0.2, 0) is 20.7 Å². The number of rotatable bonds is 16. The molecular formula is C31H55N3O4. The lowest BCUT2D eigenvalue weighted by atomic mass is 9.86. The molecule has 0 radical (unpaired) electrons. The van der Waals surface area contributed by atoms with Gasteiger partial charge in [0, 0.05) is 46.4 Å². The molecule has 1 aromatic carbocycles. The minimum Gasteiger partial charge on any atom is -0.495 e. The summed E-state index contributed by atoms with van der Waals surface area (Å²) in [5, 5.41) is 4.60. The monoisotopic (exact) mass is 533 g/mol. The molecule has 0 aromatic heterocycles. The van der Waals surface area contributed by atoms with Crippen molar-refractivity contribution in [3.05, 3.63) is 36.1 Å². The van der Waals surface area contributed by atoms with Gasteiger partial charge in [0.05, 0.1) is 19.4 Å². The highest BCUT2D eigenvalue weighted by Gasteiger charge is 2.18. The number of hydrazine groups is 1. The van der Waals surface area contributed by atoms with Crippen LogP contribution < -0.4 is 10.5 Å². The Labute approximate surface area is 232 Å². The van der Waals surface area contributed by atoms with E-state index in [1.807, 2.05) is 12.1 Å². The van der Waals surface area contributed by atoms with E-state index in [4.69, 9.17) is 15.2 Å². The Balaban J connectivity index is 0.000000806. The molecule has 2 rings (SSSR count). The van der Waals surface area contributed by atoms with E-state index in [0.29, 0.717) is 42.6 Å². The second-order valence-electron chi connectivity index (χ2n) is 9.92. The quantitative estimate of drug-likeness (QED) is 0.0858. The van der Waals surface area contributed by atoms with Crippen molar-refractivity contribution in [2.45, 2.75) is 92.4 Å². The van der Waals surface area contributed by atoms with Crippen LogP contribution in [0.3, 0.4) is 0 Å². The van der Waals surface area contributed by atoms with Crippen molar-refractivity contribution >= 4 is 17.3 Å². The van der Waals surface area contributed by atoms with Crippen LogP contribution in [0.1, 0.15) is 91.5 Å². The number of hydrogen-bond acceptors (Lipinski definition) is 7. The second kappa shape index (κ2) is 21.5. The summed E-state index contributed by atoms with van der Waals surface area (Å²) in [6.45, 7) is 17.4. The van der Waals surface area contributed by atoms with Gasteiger partial charge in [-0.3, -0.25) is 9.59 Å². The predicted molar refractivity (Wildman–Crippen MR) is 159 cm³/mol. The number of nitrogens with zero attached hydrogens (tertiary/aromatic N) is 2. The summed E-state index contributed by atoms with van der Waals surface area (Å²) in [6, 6.07) is 5.55. The van der Waals surface area contributed by atoms with E-state index < -0.39 is 0 Å². The lowest BCUT2D eigenvalue weighted by Crippen LogP contribution is -2.40. The van der Waals surface area contributed by atoms with E-state index in [-0.39, 0.29) is 11.6 Å². The Morgan fingerprint density at radius 3 is 2.24 bits per heavy atom. The van der Waals surface area contributed by atoms with Gasteiger partial charge in [-0.2, -0.15) is 0 Å². The number of Topliss-reactive ketones (excluding diaryl/α,β-unsaturated/α-hetero) is 2. The fourth-order valence-corrected chi connectivity index (χ4v) is 3.72. The number of carbonyl (C=O) groups is 2. The molecule has 0 saturated heterocycles. The molecule has 1 aliphatic rings. The lowest BCUT2D eigenvalue weighted by Gasteiger charge is -2.29. The molecule has 0 amide bonds. The van der Waals surface area contributed by atoms with E-state index in [1.54, 1.807) is 13.2 Å². The molecule has 0 aliphatic heterocycles. The number of anilines is 1. The number of nitrogens with two attached hydrogens (primary N) is 1. The van der Waals surface area contributed by atoms with Crippen LogP contribution in [0.2, 0.25) is 0 Å². The number of benzene rings is 1. The Hall–Kier alpha value is -2.38. The van der Waals surface area contributed by atoms with Gasteiger partial charge in [-0.1, -0.05) is 59.6 Å². The van der Waals surface area contributed by atoms with Gasteiger partial charge in [0.1, 0.15) is 11.5 Å². The molecular weight excluding hydrogens is 478 g/mol. The maximum Gasteiger partial charge on any atom is 0.193 e. The molecule has 0 unspecified atom stereocenters. The number of carbonyl (C=O) groups excluding carboxylic acids is 2. The van der Waals surface area contributed by atoms with E-state index in [9.17, 15) is 9.59 Å². The Bertz CT molecular complexity index is 808. The normalized spacial score (nSPS) is 12.6. The van der Waals surface area contributed by atoms with Gasteiger partial charge >= 0.3 is 0 Å². The van der Waals surface area contributed by atoms with Crippen LogP contribution in [0.5, 0.6) is 5.75 Å². The average molecular weight is 534 g/mol. The molecule has 218 valence electrons. The molecule has 1 aromatic rings. The third kappa shape index (κ3) is 15.8. The van der Waals surface area contributed by atoms with E-state index >= 15 is 0 Å². The summed E-state index contributed by atoms with van der Waals surface area (Å²) >= 11 is 0. The number of allylic oxidation sites excluding steroid dienone is 1. The van der Waals surface area contributed by atoms with Crippen molar-refractivity contribution in [1.82, 2.24) is 10.0 Å². The fraction of sp³-hybridized carbons (Fsp3) is 0.677. The maximum atomic E-state index is 12.1. The minimum absolute atomic E-state index is 0.0654. The highest BCUT2D eigenvalue weighted by molar-refractivity contribution is 5.90. The molecule has 1 aliphatic carbocycles. The van der Waals surface area contributed by atoms with Crippen molar-refractivity contribution in [3.63, 3.8) is 0 Å². The third-order valence-electron chi connectivity index (χ3n) is 6.49. The van der Waals surface area contributed by atoms with Crippen LogP contribution in [0.15, 0.2) is 30.5 Å². The molecule has 2 N–H and O–H groups in total. The SMILES string of the molecule is C=C(OCC1CCC1)C(C)=O.CCC.CCN(C)N(CC)CCCCCC(=O)Cc1ccc(N)c(OC)c1. The first-order chi connectivity index (χ1) is 18.1. The van der Waals surface area contributed by atoms with Crippen LogP contribution >= 0.6 is 0 Å². The van der Waals surface area contributed by atoms with Gasteiger partial charge in [0.2, 0.25) is 0 Å². The minimum atomic E-state index is -0.0654. The number of hydrogen-bond donors (Lipinski definition) is 1. The van der Waals surface area contributed by atoms with E-state index in [2.05, 4.69) is 51.3 Å². The molecule has 1 fully saturated rings. The Morgan fingerprint density at radius 2 is 1.74 bits per heavy atom. The van der Waals surface area contributed by atoms with Crippen LogP contribution in [0.4, 0.5) is 5.69 Å². The number of methoxy groups -OCH3 is 1. The van der Waals surface area contributed by atoms with Gasteiger partial charge in [0.15, 0.2) is 11.5 Å². The first-order valence-electron chi connectivity index (χ1n) is 14.4. The van der Waals surface area contributed by atoms with Gasteiger partial charge in [0.25, 0.3) is 0 Å². The van der Waals surface area contributed by atoms with Gasteiger partial charge in [-0.15, -0.1) is 0 Å².